The van der Waals surface area contributed by atoms with Crippen LogP contribution in [0.1, 0.15) is 54.5 Å². The van der Waals surface area contributed by atoms with Crippen molar-refractivity contribution in [3.05, 3.63) is 72.3 Å². The Bertz CT molecular complexity index is 1220. The van der Waals surface area contributed by atoms with Gasteiger partial charge in [0, 0.05) is 18.0 Å². The van der Waals surface area contributed by atoms with Crippen LogP contribution < -0.4 is 10.8 Å². The Kier molecular flexibility index (Phi) is 6.72. The number of rotatable bonds is 9. The Balaban J connectivity index is 1.55. The summed E-state index contributed by atoms with van der Waals surface area (Å²) in [5.41, 5.74) is 3.77. The van der Waals surface area contributed by atoms with Crippen molar-refractivity contribution >= 4 is 33.6 Å². The lowest BCUT2D eigenvalue weighted by Gasteiger charge is -2.16. The molecule has 0 fully saturated rings. The highest BCUT2D eigenvalue weighted by Crippen LogP contribution is 2.27. The summed E-state index contributed by atoms with van der Waals surface area (Å²) < 4.78 is 0. The summed E-state index contributed by atoms with van der Waals surface area (Å²) in [5, 5.41) is 13.8. The molecule has 0 bridgehead atoms. The Morgan fingerprint density at radius 2 is 1.84 bits per heavy atom. The van der Waals surface area contributed by atoms with Gasteiger partial charge in [-0.1, -0.05) is 49.2 Å². The number of carbonyl (C=O) groups excluding carboxylic acids is 2. The first-order valence-corrected chi connectivity index (χ1v) is 10.7. The summed E-state index contributed by atoms with van der Waals surface area (Å²) >= 11 is 0. The molecular formula is C24H25N5O3. The van der Waals surface area contributed by atoms with Gasteiger partial charge in [-0.2, -0.15) is 0 Å². The maximum atomic E-state index is 12.8. The SMILES string of the molecule is O=C(CCCCC[C@H](NC(=O)c1ccccn1)c1nc2c(ccc3ccccc32)[nH]1)NO. The van der Waals surface area contributed by atoms with Gasteiger partial charge < -0.3 is 10.3 Å². The number of hydrogen-bond acceptors (Lipinski definition) is 5. The molecule has 4 aromatic rings. The van der Waals surface area contributed by atoms with Crippen LogP contribution in [0, 0.1) is 0 Å². The molecular weight excluding hydrogens is 406 g/mol. The van der Waals surface area contributed by atoms with Crippen molar-refractivity contribution in [3.8, 4) is 0 Å². The highest BCUT2D eigenvalue weighted by molar-refractivity contribution is 6.04. The van der Waals surface area contributed by atoms with Crippen LogP contribution in [0.15, 0.2) is 60.8 Å². The molecule has 0 aliphatic carbocycles. The summed E-state index contributed by atoms with van der Waals surface area (Å²) in [7, 11) is 0. The number of amides is 2. The Morgan fingerprint density at radius 1 is 1.00 bits per heavy atom. The van der Waals surface area contributed by atoms with Gasteiger partial charge in [-0.25, -0.2) is 10.5 Å². The van der Waals surface area contributed by atoms with Crippen LogP contribution in [0.25, 0.3) is 21.8 Å². The minimum atomic E-state index is -0.394. The monoisotopic (exact) mass is 431 g/mol. The topological polar surface area (TPSA) is 120 Å². The minimum absolute atomic E-state index is 0.262. The lowest BCUT2D eigenvalue weighted by atomic mass is 10.1. The molecule has 164 valence electrons. The van der Waals surface area contributed by atoms with Crippen molar-refractivity contribution in [1.29, 1.82) is 0 Å². The van der Waals surface area contributed by atoms with E-state index in [9.17, 15) is 9.59 Å². The van der Waals surface area contributed by atoms with E-state index in [0.717, 1.165) is 34.6 Å². The van der Waals surface area contributed by atoms with Gasteiger partial charge in [0.25, 0.3) is 5.91 Å². The Morgan fingerprint density at radius 3 is 2.66 bits per heavy atom. The number of imidazole rings is 1. The van der Waals surface area contributed by atoms with Gasteiger partial charge >= 0.3 is 0 Å². The molecule has 2 aromatic heterocycles. The van der Waals surface area contributed by atoms with E-state index < -0.39 is 5.91 Å². The van der Waals surface area contributed by atoms with Gasteiger partial charge in [-0.05, 0) is 36.4 Å². The first-order chi connectivity index (χ1) is 15.7. The molecule has 0 aliphatic rings. The van der Waals surface area contributed by atoms with E-state index in [2.05, 4.69) is 15.3 Å². The second-order valence-electron chi connectivity index (χ2n) is 7.68. The number of hydroxylamine groups is 1. The normalized spacial score (nSPS) is 12.0. The third kappa shape index (κ3) is 4.92. The number of aromatic nitrogens is 3. The Hall–Kier alpha value is -3.78. The largest absolute Gasteiger partial charge is 0.341 e. The molecule has 8 nitrogen and oxygen atoms in total. The lowest BCUT2D eigenvalue weighted by Crippen LogP contribution is -2.30. The van der Waals surface area contributed by atoms with Crippen LogP contribution >= 0.6 is 0 Å². The zero-order valence-corrected chi connectivity index (χ0v) is 17.5. The second-order valence-corrected chi connectivity index (χ2v) is 7.68. The fourth-order valence-electron chi connectivity index (χ4n) is 3.80. The third-order valence-electron chi connectivity index (χ3n) is 5.45. The summed E-state index contributed by atoms with van der Waals surface area (Å²) in [6, 6.07) is 17.0. The molecule has 8 heteroatoms. The van der Waals surface area contributed by atoms with Crippen LogP contribution in [0.4, 0.5) is 0 Å². The molecule has 0 aliphatic heterocycles. The fourth-order valence-corrected chi connectivity index (χ4v) is 3.80. The van der Waals surface area contributed by atoms with Gasteiger partial charge in [0.2, 0.25) is 5.91 Å². The molecule has 0 spiro atoms. The van der Waals surface area contributed by atoms with Gasteiger partial charge in [-0.15, -0.1) is 0 Å². The van der Waals surface area contributed by atoms with Crippen LogP contribution in [0.2, 0.25) is 0 Å². The standard InChI is InChI=1S/C24H25N5O3/c30-21(29-32)12-3-1-2-10-19(27-24(31)20-11-6-7-15-25-20)23-26-18-14-13-16-8-4-5-9-17(16)22(18)28-23/h4-9,11,13-15,19,32H,1-3,10,12H2,(H,26,28)(H,27,31)(H,29,30)/t19-/m0/s1. The van der Waals surface area contributed by atoms with Gasteiger partial charge in [0.05, 0.1) is 17.1 Å². The highest BCUT2D eigenvalue weighted by atomic mass is 16.5. The van der Waals surface area contributed by atoms with E-state index in [1.54, 1.807) is 29.9 Å². The molecule has 2 heterocycles. The molecule has 0 saturated carbocycles. The zero-order chi connectivity index (χ0) is 22.3. The Labute approximate surface area is 185 Å². The van der Waals surface area contributed by atoms with Crippen molar-refractivity contribution < 1.29 is 14.8 Å². The van der Waals surface area contributed by atoms with E-state index in [-0.39, 0.29) is 18.4 Å². The van der Waals surface area contributed by atoms with Crippen molar-refractivity contribution in [2.75, 3.05) is 0 Å². The number of pyridine rings is 1. The van der Waals surface area contributed by atoms with E-state index >= 15 is 0 Å². The van der Waals surface area contributed by atoms with E-state index in [4.69, 9.17) is 10.2 Å². The summed E-state index contributed by atoms with van der Waals surface area (Å²) in [6.45, 7) is 0. The number of H-pyrrole nitrogens is 1. The number of nitrogens with zero attached hydrogens (tertiary/aromatic N) is 2. The third-order valence-corrected chi connectivity index (χ3v) is 5.45. The predicted octanol–water partition coefficient (Wildman–Crippen LogP) is 4.04. The van der Waals surface area contributed by atoms with Crippen molar-refractivity contribution in [1.82, 2.24) is 25.7 Å². The number of hydrogen-bond donors (Lipinski definition) is 4. The van der Waals surface area contributed by atoms with Crippen LogP contribution in [0.5, 0.6) is 0 Å². The minimum Gasteiger partial charge on any atom is -0.341 e. The molecule has 4 N–H and O–H groups in total. The molecule has 0 saturated heterocycles. The quantitative estimate of drug-likeness (QED) is 0.181. The van der Waals surface area contributed by atoms with Gasteiger partial charge in [0.15, 0.2) is 0 Å². The molecule has 0 unspecified atom stereocenters. The molecule has 2 aromatic carbocycles. The average molecular weight is 431 g/mol. The van der Waals surface area contributed by atoms with Gasteiger partial charge in [0.1, 0.15) is 11.5 Å². The number of aromatic amines is 1. The first-order valence-electron chi connectivity index (χ1n) is 10.7. The van der Waals surface area contributed by atoms with Crippen molar-refractivity contribution in [2.45, 2.75) is 38.1 Å². The predicted molar refractivity (Wildman–Crippen MR) is 121 cm³/mol. The van der Waals surface area contributed by atoms with Crippen molar-refractivity contribution in [3.63, 3.8) is 0 Å². The highest BCUT2D eigenvalue weighted by Gasteiger charge is 2.20. The molecule has 2 amide bonds. The molecule has 32 heavy (non-hydrogen) atoms. The molecule has 4 rings (SSSR count). The van der Waals surface area contributed by atoms with Crippen LogP contribution in [-0.4, -0.2) is 32.0 Å². The lowest BCUT2D eigenvalue weighted by molar-refractivity contribution is -0.129. The molecule has 0 radical (unpaired) electrons. The van der Waals surface area contributed by atoms with E-state index in [1.165, 1.54) is 0 Å². The fraction of sp³-hybridized carbons (Fsp3) is 0.250. The number of nitrogens with one attached hydrogen (secondary N) is 3. The number of carbonyl (C=O) groups is 2. The second kappa shape index (κ2) is 10.0. The maximum absolute atomic E-state index is 12.8. The number of fused-ring (bicyclic) bond motifs is 3. The smallest absolute Gasteiger partial charge is 0.270 e. The van der Waals surface area contributed by atoms with Crippen LogP contribution in [0.3, 0.4) is 0 Å². The number of benzene rings is 2. The number of unbranched alkanes of at least 4 members (excludes halogenated alkanes) is 2. The maximum Gasteiger partial charge on any atom is 0.270 e. The summed E-state index contributed by atoms with van der Waals surface area (Å²) in [5.74, 6) is 0.0310. The van der Waals surface area contributed by atoms with E-state index in [1.807, 2.05) is 36.4 Å². The first kappa shape index (κ1) is 21.5. The van der Waals surface area contributed by atoms with Crippen LogP contribution in [-0.2, 0) is 4.79 Å². The van der Waals surface area contributed by atoms with E-state index in [0.29, 0.717) is 24.4 Å². The average Bonchev–Trinajstić information content (AvgIpc) is 3.28. The summed E-state index contributed by atoms with van der Waals surface area (Å²) in [4.78, 5) is 36.3. The van der Waals surface area contributed by atoms with Gasteiger partial charge in [-0.3, -0.25) is 19.8 Å². The zero-order valence-electron chi connectivity index (χ0n) is 17.5. The molecule has 1 atom stereocenters. The van der Waals surface area contributed by atoms with Crippen molar-refractivity contribution in [2.24, 2.45) is 0 Å². The summed E-state index contributed by atoms with van der Waals surface area (Å²) in [6.07, 6.45) is 4.72.